The standard InChI is InChI=1S/C27H31N5O2/c33-26(30-15-12-20(13-16-30)25-29-28-24-7-3-4-14-32(24)25)21-10-8-19(9-11-21)17-31-18-22-5-1-2-6-23(22)27(31)34/h1-7,14,19-21H,8-13,15-18H2. The van der Waals surface area contributed by atoms with Crippen molar-refractivity contribution in [1.82, 2.24) is 24.4 Å². The monoisotopic (exact) mass is 457 g/mol. The van der Waals surface area contributed by atoms with Crippen molar-refractivity contribution in [2.45, 2.75) is 51.0 Å². The van der Waals surface area contributed by atoms with Crippen LogP contribution in [0.4, 0.5) is 0 Å². The van der Waals surface area contributed by atoms with Gasteiger partial charge in [-0.3, -0.25) is 14.0 Å². The molecule has 4 heterocycles. The van der Waals surface area contributed by atoms with Crippen LogP contribution in [0.3, 0.4) is 0 Å². The van der Waals surface area contributed by atoms with Crippen LogP contribution in [0.1, 0.15) is 66.2 Å². The van der Waals surface area contributed by atoms with Crippen molar-refractivity contribution in [2.24, 2.45) is 11.8 Å². The molecule has 1 aliphatic carbocycles. The molecule has 7 nitrogen and oxygen atoms in total. The van der Waals surface area contributed by atoms with E-state index >= 15 is 0 Å². The van der Waals surface area contributed by atoms with Crippen molar-refractivity contribution in [3.8, 4) is 0 Å². The molecular formula is C27H31N5O2. The van der Waals surface area contributed by atoms with Crippen molar-refractivity contribution >= 4 is 17.5 Å². The van der Waals surface area contributed by atoms with Crippen molar-refractivity contribution in [2.75, 3.05) is 19.6 Å². The summed E-state index contributed by atoms with van der Waals surface area (Å²) in [5.41, 5.74) is 2.88. The smallest absolute Gasteiger partial charge is 0.254 e. The highest BCUT2D eigenvalue weighted by atomic mass is 16.2. The number of amides is 2. The van der Waals surface area contributed by atoms with Crippen molar-refractivity contribution in [3.63, 3.8) is 0 Å². The van der Waals surface area contributed by atoms with Crippen molar-refractivity contribution in [3.05, 3.63) is 65.6 Å². The number of fused-ring (bicyclic) bond motifs is 2. The maximum Gasteiger partial charge on any atom is 0.254 e. The minimum absolute atomic E-state index is 0.133. The maximum atomic E-state index is 13.2. The minimum Gasteiger partial charge on any atom is -0.342 e. The van der Waals surface area contributed by atoms with Gasteiger partial charge in [0.25, 0.3) is 5.91 Å². The first kappa shape index (κ1) is 21.3. The van der Waals surface area contributed by atoms with Crippen LogP contribution in [0.5, 0.6) is 0 Å². The zero-order chi connectivity index (χ0) is 23.1. The lowest BCUT2D eigenvalue weighted by molar-refractivity contribution is -0.138. The van der Waals surface area contributed by atoms with E-state index in [1.807, 2.05) is 47.5 Å². The van der Waals surface area contributed by atoms with E-state index in [1.165, 1.54) is 0 Å². The van der Waals surface area contributed by atoms with Crippen LogP contribution < -0.4 is 0 Å². The third-order valence-corrected chi connectivity index (χ3v) is 8.08. The topological polar surface area (TPSA) is 70.8 Å². The molecule has 1 saturated carbocycles. The average molecular weight is 458 g/mol. The molecule has 0 radical (unpaired) electrons. The number of aromatic nitrogens is 3. The summed E-state index contributed by atoms with van der Waals surface area (Å²) >= 11 is 0. The predicted molar refractivity (Wildman–Crippen MR) is 128 cm³/mol. The number of hydrogen-bond donors (Lipinski definition) is 0. The van der Waals surface area contributed by atoms with Crippen LogP contribution in [0, 0.1) is 11.8 Å². The van der Waals surface area contributed by atoms with Gasteiger partial charge in [0.15, 0.2) is 5.65 Å². The summed E-state index contributed by atoms with van der Waals surface area (Å²) in [6.07, 6.45) is 7.83. The number of rotatable bonds is 4. The second kappa shape index (κ2) is 8.85. The Morgan fingerprint density at radius 1 is 0.912 bits per heavy atom. The molecule has 0 atom stereocenters. The Labute approximate surface area is 199 Å². The van der Waals surface area contributed by atoms with Gasteiger partial charge in [0.2, 0.25) is 5.91 Å². The molecule has 6 rings (SSSR count). The van der Waals surface area contributed by atoms with E-state index in [1.54, 1.807) is 0 Å². The molecule has 2 fully saturated rings. The van der Waals surface area contributed by atoms with E-state index in [2.05, 4.69) is 25.6 Å². The van der Waals surface area contributed by atoms with Gasteiger partial charge in [0.1, 0.15) is 5.82 Å². The fraction of sp³-hybridized carbons (Fsp3) is 0.481. The van der Waals surface area contributed by atoms with Gasteiger partial charge in [0, 0.05) is 49.8 Å². The molecule has 3 aromatic rings. The second-order valence-electron chi connectivity index (χ2n) is 10.1. The minimum atomic E-state index is 0.133. The van der Waals surface area contributed by atoms with Gasteiger partial charge in [-0.05, 0) is 68.2 Å². The average Bonchev–Trinajstić information content (AvgIpc) is 3.46. The van der Waals surface area contributed by atoms with Gasteiger partial charge >= 0.3 is 0 Å². The Morgan fingerprint density at radius 2 is 1.68 bits per heavy atom. The third kappa shape index (κ3) is 3.87. The lowest BCUT2D eigenvalue weighted by Gasteiger charge is -2.36. The summed E-state index contributed by atoms with van der Waals surface area (Å²) in [7, 11) is 0. The Hall–Kier alpha value is -3.22. The first-order valence-corrected chi connectivity index (χ1v) is 12.6. The van der Waals surface area contributed by atoms with Crippen LogP contribution in [0.2, 0.25) is 0 Å². The summed E-state index contributed by atoms with van der Waals surface area (Å²) in [4.78, 5) is 30.0. The van der Waals surface area contributed by atoms with Gasteiger partial charge in [-0.2, -0.15) is 0 Å². The number of carbonyl (C=O) groups excluding carboxylic acids is 2. The molecule has 3 aliphatic rings. The molecule has 2 aromatic heterocycles. The molecule has 1 saturated heterocycles. The highest BCUT2D eigenvalue weighted by Gasteiger charge is 2.35. The van der Waals surface area contributed by atoms with E-state index in [4.69, 9.17) is 0 Å². The fourth-order valence-corrected chi connectivity index (χ4v) is 6.12. The Bertz CT molecular complexity index is 1200. The number of piperidine rings is 1. The molecule has 0 spiro atoms. The molecular weight excluding hydrogens is 426 g/mol. The Balaban J connectivity index is 0.996. The maximum absolute atomic E-state index is 13.2. The van der Waals surface area contributed by atoms with E-state index in [-0.39, 0.29) is 11.8 Å². The number of carbonyl (C=O) groups is 2. The van der Waals surface area contributed by atoms with Gasteiger partial charge in [-0.25, -0.2) is 0 Å². The molecule has 0 bridgehead atoms. The molecule has 1 aromatic carbocycles. The molecule has 176 valence electrons. The van der Waals surface area contributed by atoms with Gasteiger partial charge in [-0.15, -0.1) is 10.2 Å². The fourth-order valence-electron chi connectivity index (χ4n) is 6.12. The van der Waals surface area contributed by atoms with E-state index in [0.29, 0.717) is 17.7 Å². The SMILES string of the molecule is O=C1c2ccccc2CN1CC1CCC(C(=O)N2CCC(c3nnc4ccccn34)CC2)CC1. The van der Waals surface area contributed by atoms with Gasteiger partial charge in [0.05, 0.1) is 0 Å². The quantitative estimate of drug-likeness (QED) is 0.596. The summed E-state index contributed by atoms with van der Waals surface area (Å²) in [5, 5.41) is 8.72. The zero-order valence-corrected chi connectivity index (χ0v) is 19.5. The normalized spacial score (nSPS) is 23.5. The summed E-state index contributed by atoms with van der Waals surface area (Å²) in [5.74, 6) is 2.48. The van der Waals surface area contributed by atoms with E-state index in [0.717, 1.165) is 87.3 Å². The molecule has 0 unspecified atom stereocenters. The van der Waals surface area contributed by atoms with Crippen LogP contribution >= 0.6 is 0 Å². The van der Waals surface area contributed by atoms with Crippen LogP contribution in [-0.2, 0) is 11.3 Å². The largest absolute Gasteiger partial charge is 0.342 e. The lowest BCUT2D eigenvalue weighted by atomic mass is 9.80. The van der Waals surface area contributed by atoms with E-state index in [9.17, 15) is 9.59 Å². The molecule has 0 N–H and O–H groups in total. The van der Waals surface area contributed by atoms with Gasteiger partial charge in [-0.1, -0.05) is 24.3 Å². The summed E-state index contributed by atoms with van der Waals surface area (Å²) < 4.78 is 2.08. The number of pyridine rings is 1. The first-order valence-electron chi connectivity index (χ1n) is 12.6. The Morgan fingerprint density at radius 3 is 2.47 bits per heavy atom. The lowest BCUT2D eigenvalue weighted by Crippen LogP contribution is -2.43. The third-order valence-electron chi connectivity index (χ3n) is 8.08. The number of benzene rings is 1. The van der Waals surface area contributed by atoms with Crippen LogP contribution in [0.25, 0.3) is 5.65 Å². The molecule has 2 amide bonds. The number of nitrogens with zero attached hydrogens (tertiary/aromatic N) is 5. The predicted octanol–water partition coefficient (Wildman–Crippen LogP) is 3.90. The number of hydrogen-bond acceptors (Lipinski definition) is 4. The van der Waals surface area contributed by atoms with Crippen LogP contribution in [-0.4, -0.2) is 55.8 Å². The highest BCUT2D eigenvalue weighted by Crippen LogP contribution is 2.34. The van der Waals surface area contributed by atoms with E-state index < -0.39 is 0 Å². The zero-order valence-electron chi connectivity index (χ0n) is 19.5. The number of likely N-dealkylation sites (tertiary alicyclic amines) is 1. The first-order chi connectivity index (χ1) is 16.7. The van der Waals surface area contributed by atoms with Gasteiger partial charge < -0.3 is 9.80 Å². The second-order valence-corrected chi connectivity index (χ2v) is 10.1. The van der Waals surface area contributed by atoms with Crippen molar-refractivity contribution < 1.29 is 9.59 Å². The summed E-state index contributed by atoms with van der Waals surface area (Å²) in [6.45, 7) is 3.13. The molecule has 2 aliphatic heterocycles. The van der Waals surface area contributed by atoms with Crippen molar-refractivity contribution in [1.29, 1.82) is 0 Å². The highest BCUT2D eigenvalue weighted by molar-refractivity contribution is 5.98. The molecule has 34 heavy (non-hydrogen) atoms. The summed E-state index contributed by atoms with van der Waals surface area (Å²) in [6, 6.07) is 13.9. The Kier molecular flexibility index (Phi) is 5.55. The molecule has 7 heteroatoms. The van der Waals surface area contributed by atoms with Crippen LogP contribution in [0.15, 0.2) is 48.7 Å².